The van der Waals surface area contributed by atoms with Gasteiger partial charge >= 0.3 is 0 Å². The lowest BCUT2D eigenvalue weighted by Gasteiger charge is -2.14. The predicted octanol–water partition coefficient (Wildman–Crippen LogP) is 0.301. The molecule has 0 saturated carbocycles. The summed E-state index contributed by atoms with van der Waals surface area (Å²) in [6.45, 7) is 3.23. The lowest BCUT2D eigenvalue weighted by atomic mass is 10.0. The summed E-state index contributed by atoms with van der Waals surface area (Å²) in [7, 11) is -3.05. The molecule has 0 aliphatic heterocycles. The Bertz CT molecular complexity index is 208. The van der Waals surface area contributed by atoms with Gasteiger partial charge in [0.1, 0.15) is 0 Å². The maximum Gasteiger partial charge on any atom is 0.208 e. The molecule has 4 nitrogen and oxygen atoms in total. The van der Waals surface area contributed by atoms with E-state index >= 15 is 0 Å². The van der Waals surface area contributed by atoms with Crippen LogP contribution in [0.25, 0.3) is 0 Å². The summed E-state index contributed by atoms with van der Waals surface area (Å²) >= 11 is 0. The summed E-state index contributed by atoms with van der Waals surface area (Å²) < 4.78 is 24.1. The minimum absolute atomic E-state index is 0.379. The van der Waals surface area contributed by atoms with Crippen LogP contribution in [0, 0.1) is 5.92 Å². The molecule has 0 fully saturated rings. The van der Waals surface area contributed by atoms with Crippen molar-refractivity contribution in [3.63, 3.8) is 0 Å². The van der Waals surface area contributed by atoms with Gasteiger partial charge in [-0.15, -0.1) is 0 Å². The fourth-order valence-electron chi connectivity index (χ4n) is 1.26. The van der Waals surface area contributed by atoms with Gasteiger partial charge in [0.05, 0.1) is 6.26 Å². The van der Waals surface area contributed by atoms with Crippen LogP contribution in [0.2, 0.25) is 0 Å². The van der Waals surface area contributed by atoms with Gasteiger partial charge in [-0.05, 0) is 25.3 Å². The minimum Gasteiger partial charge on any atom is -0.330 e. The van der Waals surface area contributed by atoms with Crippen LogP contribution in [0.1, 0.15) is 26.2 Å². The molecule has 0 aromatic rings. The third kappa shape index (κ3) is 8.21. The topological polar surface area (TPSA) is 72.2 Å². The van der Waals surface area contributed by atoms with Crippen molar-refractivity contribution in [3.8, 4) is 0 Å². The van der Waals surface area contributed by atoms with Gasteiger partial charge in [0.15, 0.2) is 0 Å². The predicted molar refractivity (Wildman–Crippen MR) is 54.9 cm³/mol. The molecule has 80 valence electrons. The van der Waals surface area contributed by atoms with Crippen molar-refractivity contribution in [2.24, 2.45) is 11.7 Å². The van der Waals surface area contributed by atoms with Crippen molar-refractivity contribution in [1.29, 1.82) is 0 Å². The van der Waals surface area contributed by atoms with Gasteiger partial charge in [-0.25, -0.2) is 13.1 Å². The van der Waals surface area contributed by atoms with E-state index in [0.29, 0.717) is 19.0 Å². The van der Waals surface area contributed by atoms with Crippen molar-refractivity contribution >= 4 is 10.0 Å². The molecule has 13 heavy (non-hydrogen) atoms. The van der Waals surface area contributed by atoms with Crippen LogP contribution in [0.3, 0.4) is 0 Å². The summed E-state index contributed by atoms with van der Waals surface area (Å²) in [5, 5.41) is 0. The first kappa shape index (κ1) is 12.9. The Morgan fingerprint density at radius 3 is 2.38 bits per heavy atom. The summed E-state index contributed by atoms with van der Waals surface area (Å²) in [6, 6.07) is 0. The second-order valence-electron chi connectivity index (χ2n) is 3.35. The molecule has 0 aliphatic carbocycles. The average molecular weight is 208 g/mol. The Morgan fingerprint density at radius 1 is 1.38 bits per heavy atom. The number of sulfonamides is 1. The summed E-state index contributed by atoms with van der Waals surface area (Å²) in [5.74, 6) is 0.379. The van der Waals surface area contributed by atoms with Gasteiger partial charge < -0.3 is 5.73 Å². The fourth-order valence-corrected chi connectivity index (χ4v) is 1.80. The molecule has 0 bridgehead atoms. The normalized spacial score (nSPS) is 14.4. The van der Waals surface area contributed by atoms with Gasteiger partial charge in [-0.3, -0.25) is 0 Å². The van der Waals surface area contributed by atoms with Crippen LogP contribution < -0.4 is 10.5 Å². The molecule has 0 spiro atoms. The van der Waals surface area contributed by atoms with E-state index in [0.717, 1.165) is 19.3 Å². The highest BCUT2D eigenvalue weighted by Crippen LogP contribution is 2.08. The lowest BCUT2D eigenvalue weighted by molar-refractivity contribution is 0.444. The molecule has 0 heterocycles. The number of rotatable bonds is 7. The smallest absolute Gasteiger partial charge is 0.208 e. The zero-order valence-electron chi connectivity index (χ0n) is 8.41. The molecule has 0 saturated heterocycles. The quantitative estimate of drug-likeness (QED) is 0.632. The van der Waals surface area contributed by atoms with Gasteiger partial charge in [0.25, 0.3) is 0 Å². The first-order chi connectivity index (χ1) is 5.99. The first-order valence-corrected chi connectivity index (χ1v) is 6.53. The van der Waals surface area contributed by atoms with Gasteiger partial charge in [0, 0.05) is 6.54 Å². The zero-order valence-corrected chi connectivity index (χ0v) is 9.23. The molecular weight excluding hydrogens is 188 g/mol. The van der Waals surface area contributed by atoms with Crippen molar-refractivity contribution in [1.82, 2.24) is 4.72 Å². The van der Waals surface area contributed by atoms with Crippen LogP contribution in [0.5, 0.6) is 0 Å². The van der Waals surface area contributed by atoms with E-state index in [1.807, 2.05) is 0 Å². The second kappa shape index (κ2) is 6.34. The largest absolute Gasteiger partial charge is 0.330 e. The number of nitrogens with two attached hydrogens (primary N) is 1. The third-order valence-corrected chi connectivity index (χ3v) is 2.60. The Balaban J connectivity index is 3.81. The number of nitrogens with one attached hydrogen (secondary N) is 1. The van der Waals surface area contributed by atoms with Crippen LogP contribution in [-0.2, 0) is 10.0 Å². The first-order valence-electron chi connectivity index (χ1n) is 4.64. The number of hydrogen-bond donors (Lipinski definition) is 2. The average Bonchev–Trinajstić information content (AvgIpc) is 2.00. The summed E-state index contributed by atoms with van der Waals surface area (Å²) in [5.41, 5.74) is 5.42. The van der Waals surface area contributed by atoms with Crippen molar-refractivity contribution in [2.45, 2.75) is 26.2 Å². The monoisotopic (exact) mass is 208 g/mol. The molecule has 3 N–H and O–H groups in total. The Morgan fingerprint density at radius 2 is 2.00 bits per heavy atom. The molecule has 0 amide bonds. The van der Waals surface area contributed by atoms with Crippen LogP contribution >= 0.6 is 0 Å². The molecule has 0 aromatic heterocycles. The summed E-state index contributed by atoms with van der Waals surface area (Å²) in [4.78, 5) is 0. The van der Waals surface area contributed by atoms with Crippen molar-refractivity contribution in [3.05, 3.63) is 0 Å². The third-order valence-electron chi connectivity index (χ3n) is 1.91. The second-order valence-corrected chi connectivity index (χ2v) is 5.19. The van der Waals surface area contributed by atoms with Gasteiger partial charge in [0.2, 0.25) is 10.0 Å². The van der Waals surface area contributed by atoms with E-state index in [9.17, 15) is 8.42 Å². The van der Waals surface area contributed by atoms with E-state index in [-0.39, 0.29) is 0 Å². The molecule has 0 aliphatic rings. The molecule has 0 radical (unpaired) electrons. The fraction of sp³-hybridized carbons (Fsp3) is 1.00. The van der Waals surface area contributed by atoms with E-state index in [1.165, 1.54) is 6.26 Å². The Kier molecular flexibility index (Phi) is 6.28. The molecule has 1 unspecified atom stereocenters. The molecule has 0 aromatic carbocycles. The van der Waals surface area contributed by atoms with Crippen LogP contribution in [0.15, 0.2) is 0 Å². The maximum absolute atomic E-state index is 10.8. The van der Waals surface area contributed by atoms with Gasteiger partial charge in [-0.2, -0.15) is 0 Å². The van der Waals surface area contributed by atoms with Crippen molar-refractivity contribution < 1.29 is 8.42 Å². The molecule has 5 heteroatoms. The lowest BCUT2D eigenvalue weighted by Crippen LogP contribution is -2.29. The van der Waals surface area contributed by atoms with Crippen LogP contribution in [-0.4, -0.2) is 27.8 Å². The van der Waals surface area contributed by atoms with E-state index < -0.39 is 10.0 Å². The molecular formula is C8H20N2O2S. The highest BCUT2D eigenvalue weighted by Gasteiger charge is 2.09. The molecule has 0 rings (SSSR count). The zero-order chi connectivity index (χ0) is 10.3. The van der Waals surface area contributed by atoms with Crippen molar-refractivity contribution in [2.75, 3.05) is 19.3 Å². The highest BCUT2D eigenvalue weighted by molar-refractivity contribution is 7.88. The molecule has 1 atom stereocenters. The van der Waals surface area contributed by atoms with E-state index in [4.69, 9.17) is 5.73 Å². The standard InChI is InChI=1S/C8H20N2O2S/c1-3-4-8(5-6-9)7-10-13(2,11)12/h8,10H,3-7,9H2,1-2H3. The van der Waals surface area contributed by atoms with Gasteiger partial charge in [-0.1, -0.05) is 13.3 Å². The van der Waals surface area contributed by atoms with Crippen LogP contribution in [0.4, 0.5) is 0 Å². The minimum atomic E-state index is -3.05. The Labute approximate surface area is 80.9 Å². The maximum atomic E-state index is 10.8. The SMILES string of the molecule is CCCC(CCN)CNS(C)(=O)=O. The highest BCUT2D eigenvalue weighted by atomic mass is 32.2. The van der Waals surface area contributed by atoms with E-state index in [2.05, 4.69) is 11.6 Å². The number of hydrogen-bond acceptors (Lipinski definition) is 3. The van der Waals surface area contributed by atoms with E-state index in [1.54, 1.807) is 0 Å². The summed E-state index contributed by atoms with van der Waals surface area (Å²) in [6.07, 6.45) is 4.16. The Hall–Kier alpha value is -0.130.